The van der Waals surface area contributed by atoms with Gasteiger partial charge in [-0.2, -0.15) is 5.10 Å². The van der Waals surface area contributed by atoms with E-state index in [1.54, 1.807) is 25.6 Å². The summed E-state index contributed by atoms with van der Waals surface area (Å²) in [5.74, 6) is 0. The average Bonchev–Trinajstić information content (AvgIpc) is 2.74. The average molecular weight is 337 g/mol. The molecule has 1 N–H and O–H groups in total. The number of rotatable bonds is 7. The van der Waals surface area contributed by atoms with Gasteiger partial charge in [0.05, 0.1) is 11.4 Å². The molecule has 0 atom stereocenters. The maximum absolute atomic E-state index is 12.5. The maximum atomic E-state index is 12.5. The minimum absolute atomic E-state index is 0.228. The van der Waals surface area contributed by atoms with Crippen molar-refractivity contribution >= 4 is 10.0 Å². The zero-order valence-corrected chi connectivity index (χ0v) is 14.8. The summed E-state index contributed by atoms with van der Waals surface area (Å²) >= 11 is 0. The zero-order valence-electron chi connectivity index (χ0n) is 14.0. The van der Waals surface area contributed by atoms with Crippen molar-refractivity contribution in [3.63, 3.8) is 0 Å². The van der Waals surface area contributed by atoms with Crippen LogP contribution in [0.5, 0.6) is 0 Å². The number of sulfonamides is 1. The predicted molar refractivity (Wildman–Crippen MR) is 88.8 cm³/mol. The van der Waals surface area contributed by atoms with Gasteiger partial charge in [-0.3, -0.25) is 0 Å². The summed E-state index contributed by atoms with van der Waals surface area (Å²) in [4.78, 5) is 0.235. The van der Waals surface area contributed by atoms with Gasteiger partial charge in [-0.05, 0) is 32.8 Å². The Kier molecular flexibility index (Phi) is 5.56. The molecule has 1 aromatic heterocycles. The van der Waals surface area contributed by atoms with Crippen LogP contribution in [0.2, 0.25) is 0 Å². The van der Waals surface area contributed by atoms with Crippen molar-refractivity contribution < 1.29 is 13.2 Å². The molecule has 0 fully saturated rings. The third kappa shape index (κ3) is 4.19. The Morgan fingerprint density at radius 1 is 1.26 bits per heavy atom. The van der Waals surface area contributed by atoms with Crippen molar-refractivity contribution in [1.82, 2.24) is 14.5 Å². The van der Waals surface area contributed by atoms with Crippen LogP contribution in [0.15, 0.2) is 29.2 Å². The van der Waals surface area contributed by atoms with Crippen LogP contribution in [0.1, 0.15) is 22.5 Å². The number of methoxy groups -OCH3 is 1. The van der Waals surface area contributed by atoms with Gasteiger partial charge in [-0.15, -0.1) is 0 Å². The van der Waals surface area contributed by atoms with Crippen LogP contribution in [0, 0.1) is 20.8 Å². The van der Waals surface area contributed by atoms with Gasteiger partial charge in [0.25, 0.3) is 0 Å². The normalized spacial score (nSPS) is 11.8. The quantitative estimate of drug-likeness (QED) is 0.838. The maximum Gasteiger partial charge on any atom is 0.244 e. The van der Waals surface area contributed by atoms with Crippen LogP contribution >= 0.6 is 0 Å². The molecule has 23 heavy (non-hydrogen) atoms. The number of nitrogens with zero attached hydrogens (tertiary/aromatic N) is 2. The molecule has 0 bridgehead atoms. The van der Waals surface area contributed by atoms with Gasteiger partial charge in [0.15, 0.2) is 0 Å². The van der Waals surface area contributed by atoms with Crippen molar-refractivity contribution in [2.45, 2.75) is 38.8 Å². The minimum atomic E-state index is -3.59. The van der Waals surface area contributed by atoms with Gasteiger partial charge >= 0.3 is 0 Å². The molecule has 0 saturated heterocycles. The Bertz CT molecular complexity index is 782. The minimum Gasteiger partial charge on any atom is -0.362 e. The number of hydrogen-bond acceptors (Lipinski definition) is 4. The lowest BCUT2D eigenvalue weighted by molar-refractivity contribution is 0.118. The van der Waals surface area contributed by atoms with Crippen molar-refractivity contribution in [1.29, 1.82) is 0 Å². The highest BCUT2D eigenvalue weighted by Gasteiger charge is 2.24. The number of aryl methyl sites for hydroxylation is 2. The smallest absolute Gasteiger partial charge is 0.244 e. The van der Waals surface area contributed by atoms with Crippen molar-refractivity contribution in [3.05, 3.63) is 46.8 Å². The molecule has 2 aromatic rings. The molecular formula is C16H23N3O3S. The SMILES string of the molecule is COCn1nc(C)c(S(=O)(=O)NCCc2cccc(C)c2)c1C. The summed E-state index contributed by atoms with van der Waals surface area (Å²) < 4.78 is 34.3. The summed E-state index contributed by atoms with van der Waals surface area (Å²) in [5.41, 5.74) is 3.32. The third-order valence-electron chi connectivity index (χ3n) is 3.62. The number of aromatic nitrogens is 2. The second-order valence-corrected chi connectivity index (χ2v) is 7.26. The highest BCUT2D eigenvalue weighted by atomic mass is 32.2. The Hall–Kier alpha value is -1.70. The Balaban J connectivity index is 2.10. The molecule has 0 unspecified atom stereocenters. The van der Waals surface area contributed by atoms with Gasteiger partial charge in [-0.1, -0.05) is 29.8 Å². The molecule has 7 heteroatoms. The molecule has 1 heterocycles. The summed E-state index contributed by atoms with van der Waals surface area (Å²) in [6.07, 6.45) is 0.644. The van der Waals surface area contributed by atoms with Crippen LogP contribution in [0.3, 0.4) is 0 Å². The van der Waals surface area contributed by atoms with Crippen LogP contribution in [0.25, 0.3) is 0 Å². The van der Waals surface area contributed by atoms with Crippen molar-refractivity contribution in [3.8, 4) is 0 Å². The molecule has 0 amide bonds. The second-order valence-electron chi connectivity index (χ2n) is 5.55. The van der Waals surface area contributed by atoms with Crippen molar-refractivity contribution in [2.24, 2.45) is 0 Å². The molecule has 0 radical (unpaired) electrons. The van der Waals surface area contributed by atoms with Gasteiger partial charge in [0.2, 0.25) is 10.0 Å². The molecule has 2 rings (SSSR count). The fourth-order valence-electron chi connectivity index (χ4n) is 2.59. The van der Waals surface area contributed by atoms with Gasteiger partial charge in [-0.25, -0.2) is 17.8 Å². The van der Waals surface area contributed by atoms with Gasteiger partial charge in [0.1, 0.15) is 11.6 Å². The highest BCUT2D eigenvalue weighted by Crippen LogP contribution is 2.19. The van der Waals surface area contributed by atoms with E-state index >= 15 is 0 Å². The first-order valence-corrected chi connectivity index (χ1v) is 8.91. The topological polar surface area (TPSA) is 73.2 Å². The molecule has 0 aliphatic rings. The molecule has 0 spiro atoms. The lowest BCUT2D eigenvalue weighted by Gasteiger charge is -2.08. The Labute approximate surface area is 137 Å². The predicted octanol–water partition coefficient (Wildman–Crippen LogP) is 1.93. The van der Waals surface area contributed by atoms with Crippen LogP contribution in [-0.2, 0) is 27.9 Å². The van der Waals surface area contributed by atoms with Crippen LogP contribution < -0.4 is 4.72 Å². The summed E-state index contributed by atoms with van der Waals surface area (Å²) in [6.45, 7) is 6.01. The van der Waals surface area contributed by atoms with Gasteiger partial charge < -0.3 is 4.74 Å². The zero-order chi connectivity index (χ0) is 17.0. The van der Waals surface area contributed by atoms with E-state index in [1.807, 2.05) is 25.1 Å². The molecular weight excluding hydrogens is 314 g/mol. The first-order chi connectivity index (χ1) is 10.8. The second kappa shape index (κ2) is 7.25. The molecule has 1 aromatic carbocycles. The Morgan fingerprint density at radius 3 is 2.65 bits per heavy atom. The monoisotopic (exact) mass is 337 g/mol. The molecule has 126 valence electrons. The summed E-state index contributed by atoms with van der Waals surface area (Å²) in [5, 5.41) is 4.22. The summed E-state index contributed by atoms with van der Waals surface area (Å²) in [6, 6.07) is 8.04. The fraction of sp³-hybridized carbons (Fsp3) is 0.438. The Morgan fingerprint density at radius 2 is 2.00 bits per heavy atom. The molecule has 0 aliphatic heterocycles. The van der Waals surface area contributed by atoms with E-state index in [0.717, 1.165) is 11.1 Å². The lowest BCUT2D eigenvalue weighted by atomic mass is 10.1. The first kappa shape index (κ1) is 17.7. The first-order valence-electron chi connectivity index (χ1n) is 7.43. The van der Waals surface area contributed by atoms with Gasteiger partial charge in [0, 0.05) is 13.7 Å². The number of ether oxygens (including phenoxy) is 1. The van der Waals surface area contributed by atoms with E-state index in [4.69, 9.17) is 4.74 Å². The van der Waals surface area contributed by atoms with E-state index in [9.17, 15) is 8.42 Å². The number of hydrogen-bond donors (Lipinski definition) is 1. The van der Waals surface area contributed by atoms with Crippen molar-refractivity contribution in [2.75, 3.05) is 13.7 Å². The largest absolute Gasteiger partial charge is 0.362 e. The van der Waals surface area contributed by atoms with E-state index in [2.05, 4.69) is 15.9 Å². The number of benzene rings is 1. The lowest BCUT2D eigenvalue weighted by Crippen LogP contribution is -2.27. The summed E-state index contributed by atoms with van der Waals surface area (Å²) in [7, 11) is -2.04. The fourth-order valence-corrected chi connectivity index (χ4v) is 4.03. The van der Waals surface area contributed by atoms with Crippen LogP contribution in [0.4, 0.5) is 0 Å². The van der Waals surface area contributed by atoms with E-state index < -0.39 is 10.0 Å². The molecule has 0 saturated carbocycles. The van der Waals surface area contributed by atoms with E-state index in [-0.39, 0.29) is 11.6 Å². The molecule has 0 aliphatic carbocycles. The molecule has 6 nitrogen and oxygen atoms in total. The highest BCUT2D eigenvalue weighted by molar-refractivity contribution is 7.89. The third-order valence-corrected chi connectivity index (χ3v) is 5.34. The van der Waals surface area contributed by atoms with Crippen LogP contribution in [-0.4, -0.2) is 31.9 Å². The van der Waals surface area contributed by atoms with E-state index in [0.29, 0.717) is 24.4 Å². The van der Waals surface area contributed by atoms with E-state index in [1.165, 1.54) is 0 Å². The standard InChI is InChI=1S/C16H23N3O3S/c1-12-6-5-7-15(10-12)8-9-17-23(20,21)16-13(2)18-19(11-22-4)14(16)3/h5-7,10,17H,8-9,11H2,1-4H3. The number of nitrogens with one attached hydrogen (secondary N) is 1.